The summed E-state index contributed by atoms with van der Waals surface area (Å²) in [4.78, 5) is 8.52. The Morgan fingerprint density at radius 3 is 3.00 bits per heavy atom. The monoisotopic (exact) mass is 359 g/mol. The van der Waals surface area contributed by atoms with Crippen LogP contribution in [-0.2, 0) is 4.84 Å². The van der Waals surface area contributed by atoms with Gasteiger partial charge in [-0.3, -0.25) is 4.84 Å². The van der Waals surface area contributed by atoms with Crippen molar-refractivity contribution in [3.63, 3.8) is 0 Å². The number of thioether (sulfide) groups is 1. The second-order valence-electron chi connectivity index (χ2n) is 4.96. The quantitative estimate of drug-likeness (QED) is 0.622. The van der Waals surface area contributed by atoms with Crippen LogP contribution in [-0.4, -0.2) is 15.5 Å². The van der Waals surface area contributed by atoms with Gasteiger partial charge >= 0.3 is 0 Å². The van der Waals surface area contributed by atoms with Gasteiger partial charge < -0.3 is 0 Å². The highest BCUT2D eigenvalue weighted by molar-refractivity contribution is 9.10. The number of aromatic nitrogens is 1. The standard InChI is InChI=1S/C13H15BrFN3OS/c1-13(7-16,8-2-3-8)20-6-11(19-17)10-4-9(14)5-18-12(10)15/h4-5,8,11H,2-3,6,17H2,1H3. The molecule has 2 unspecified atom stereocenters. The molecule has 1 aromatic rings. The van der Waals surface area contributed by atoms with E-state index < -0.39 is 16.8 Å². The minimum absolute atomic E-state index is 0.297. The number of pyridine rings is 1. The molecule has 1 aliphatic rings. The van der Waals surface area contributed by atoms with Crippen molar-refractivity contribution >= 4 is 27.7 Å². The van der Waals surface area contributed by atoms with Crippen molar-refractivity contribution in [3.05, 3.63) is 28.2 Å². The number of nitrogens with two attached hydrogens (primary N) is 1. The Balaban J connectivity index is 2.09. The third kappa shape index (κ3) is 3.50. The molecule has 1 aliphatic carbocycles. The fourth-order valence-corrected chi connectivity index (χ4v) is 3.63. The first-order valence-corrected chi connectivity index (χ1v) is 7.99. The van der Waals surface area contributed by atoms with Crippen LogP contribution >= 0.6 is 27.7 Å². The van der Waals surface area contributed by atoms with E-state index in [1.165, 1.54) is 18.0 Å². The van der Waals surface area contributed by atoms with E-state index in [0.29, 0.717) is 21.7 Å². The number of hydrogen-bond donors (Lipinski definition) is 1. The van der Waals surface area contributed by atoms with E-state index in [9.17, 15) is 9.65 Å². The smallest absolute Gasteiger partial charge is 0.218 e. The van der Waals surface area contributed by atoms with E-state index in [4.69, 9.17) is 10.7 Å². The number of nitrogens with zero attached hydrogens (tertiary/aromatic N) is 2. The molecule has 4 nitrogen and oxygen atoms in total. The van der Waals surface area contributed by atoms with E-state index >= 15 is 0 Å². The second kappa shape index (κ2) is 6.39. The highest BCUT2D eigenvalue weighted by Crippen LogP contribution is 2.48. The number of nitriles is 1. The largest absolute Gasteiger partial charge is 0.295 e. The van der Waals surface area contributed by atoms with Gasteiger partial charge in [0.05, 0.1) is 6.07 Å². The van der Waals surface area contributed by atoms with Crippen LogP contribution in [0.2, 0.25) is 0 Å². The molecule has 1 aromatic heterocycles. The number of rotatable bonds is 6. The summed E-state index contributed by atoms with van der Waals surface area (Å²) < 4.78 is 13.9. The van der Waals surface area contributed by atoms with E-state index in [0.717, 1.165) is 12.8 Å². The Morgan fingerprint density at radius 1 is 1.75 bits per heavy atom. The van der Waals surface area contributed by atoms with Crippen LogP contribution in [0.4, 0.5) is 4.39 Å². The topological polar surface area (TPSA) is 71.9 Å². The van der Waals surface area contributed by atoms with Gasteiger partial charge in [-0.05, 0) is 47.7 Å². The zero-order chi connectivity index (χ0) is 14.8. The summed E-state index contributed by atoms with van der Waals surface area (Å²) in [6, 6.07) is 3.94. The van der Waals surface area contributed by atoms with Gasteiger partial charge in [0, 0.05) is 22.0 Å². The highest BCUT2D eigenvalue weighted by Gasteiger charge is 2.42. The minimum Gasteiger partial charge on any atom is -0.295 e. The molecular weight excluding hydrogens is 345 g/mol. The first kappa shape index (κ1) is 15.7. The van der Waals surface area contributed by atoms with Crippen molar-refractivity contribution in [1.29, 1.82) is 5.26 Å². The Kier molecular flexibility index (Phi) is 5.02. The predicted molar refractivity (Wildman–Crippen MR) is 79.1 cm³/mol. The molecule has 0 bridgehead atoms. The van der Waals surface area contributed by atoms with Crippen molar-refractivity contribution in [2.24, 2.45) is 11.8 Å². The molecule has 1 heterocycles. The van der Waals surface area contributed by atoms with Gasteiger partial charge in [-0.15, -0.1) is 11.8 Å². The van der Waals surface area contributed by atoms with E-state index in [-0.39, 0.29) is 0 Å². The molecule has 2 rings (SSSR count). The summed E-state index contributed by atoms with van der Waals surface area (Å²) in [6.45, 7) is 1.92. The summed E-state index contributed by atoms with van der Waals surface area (Å²) in [5.74, 6) is 5.49. The molecule has 20 heavy (non-hydrogen) atoms. The maximum absolute atomic E-state index is 13.7. The van der Waals surface area contributed by atoms with Crippen LogP contribution in [0.25, 0.3) is 0 Å². The first-order valence-electron chi connectivity index (χ1n) is 6.22. The molecule has 1 fully saturated rings. The van der Waals surface area contributed by atoms with Crippen LogP contribution in [0, 0.1) is 23.2 Å². The Labute approximate surface area is 130 Å². The van der Waals surface area contributed by atoms with Crippen LogP contribution in [0.1, 0.15) is 31.4 Å². The zero-order valence-electron chi connectivity index (χ0n) is 11.0. The van der Waals surface area contributed by atoms with Crippen molar-refractivity contribution in [2.45, 2.75) is 30.6 Å². The minimum atomic E-state index is -0.628. The molecule has 0 aromatic carbocycles. The lowest BCUT2D eigenvalue weighted by Crippen LogP contribution is -2.24. The van der Waals surface area contributed by atoms with Gasteiger partial charge in [-0.25, -0.2) is 10.9 Å². The van der Waals surface area contributed by atoms with Gasteiger partial charge in [0.15, 0.2) is 0 Å². The fourth-order valence-electron chi connectivity index (χ4n) is 1.99. The SMILES string of the molecule is CC(C#N)(SCC(ON)c1cc(Br)cnc1F)C1CC1. The Hall–Kier alpha value is -0.680. The van der Waals surface area contributed by atoms with Crippen molar-refractivity contribution in [3.8, 4) is 6.07 Å². The number of halogens is 2. The summed E-state index contributed by atoms with van der Waals surface area (Å²) >= 11 is 4.71. The summed E-state index contributed by atoms with van der Waals surface area (Å²) in [5.41, 5.74) is 0.297. The molecule has 0 amide bonds. The normalized spacial score (nSPS) is 19.1. The zero-order valence-corrected chi connectivity index (χ0v) is 13.4. The molecule has 7 heteroatoms. The van der Waals surface area contributed by atoms with Crippen LogP contribution in [0.15, 0.2) is 16.7 Å². The van der Waals surface area contributed by atoms with Gasteiger partial charge in [0.25, 0.3) is 0 Å². The molecular formula is C13H15BrFN3OS. The van der Waals surface area contributed by atoms with Gasteiger partial charge in [0.1, 0.15) is 10.9 Å². The van der Waals surface area contributed by atoms with Crippen LogP contribution in [0.3, 0.4) is 0 Å². The molecule has 0 saturated heterocycles. The molecule has 108 valence electrons. The van der Waals surface area contributed by atoms with Crippen LogP contribution < -0.4 is 5.90 Å². The van der Waals surface area contributed by atoms with Gasteiger partial charge in [-0.1, -0.05) is 0 Å². The molecule has 1 saturated carbocycles. The maximum atomic E-state index is 13.7. The Bertz CT molecular complexity index is 535. The van der Waals surface area contributed by atoms with Gasteiger partial charge in [-0.2, -0.15) is 9.65 Å². The highest BCUT2D eigenvalue weighted by atomic mass is 79.9. The van der Waals surface area contributed by atoms with Crippen molar-refractivity contribution in [2.75, 3.05) is 5.75 Å². The molecule has 0 spiro atoms. The Morgan fingerprint density at radius 2 is 2.45 bits per heavy atom. The molecule has 2 atom stereocenters. The summed E-state index contributed by atoms with van der Waals surface area (Å²) in [5, 5.41) is 9.31. The number of hydrogen-bond acceptors (Lipinski definition) is 5. The lowest BCUT2D eigenvalue weighted by atomic mass is 10.1. The van der Waals surface area contributed by atoms with Crippen molar-refractivity contribution < 1.29 is 9.23 Å². The third-order valence-electron chi connectivity index (χ3n) is 3.46. The molecule has 2 N–H and O–H groups in total. The summed E-state index contributed by atoms with van der Waals surface area (Å²) in [6.07, 6.45) is 2.88. The fraction of sp³-hybridized carbons (Fsp3) is 0.538. The lowest BCUT2D eigenvalue weighted by Gasteiger charge is -2.23. The molecule has 0 radical (unpaired) electrons. The van der Waals surface area contributed by atoms with Gasteiger partial charge in [0.2, 0.25) is 5.95 Å². The third-order valence-corrected chi connectivity index (χ3v) is 5.38. The second-order valence-corrected chi connectivity index (χ2v) is 7.35. The van der Waals surface area contributed by atoms with Crippen LogP contribution in [0.5, 0.6) is 0 Å². The first-order chi connectivity index (χ1) is 9.50. The van der Waals surface area contributed by atoms with E-state index in [2.05, 4.69) is 27.0 Å². The summed E-state index contributed by atoms with van der Waals surface area (Å²) in [7, 11) is 0. The van der Waals surface area contributed by atoms with Crippen molar-refractivity contribution in [1.82, 2.24) is 4.98 Å². The van der Waals surface area contributed by atoms with E-state index in [1.807, 2.05) is 6.92 Å². The average Bonchev–Trinajstić information content (AvgIpc) is 3.27. The average molecular weight is 360 g/mol. The lowest BCUT2D eigenvalue weighted by molar-refractivity contribution is 0.0665. The molecule has 0 aliphatic heterocycles. The maximum Gasteiger partial charge on any atom is 0.218 e. The van der Waals surface area contributed by atoms with E-state index in [1.54, 1.807) is 6.07 Å². The predicted octanol–water partition coefficient (Wildman–Crippen LogP) is 3.34.